The number of nitrogens with zero attached hydrogens (tertiary/aromatic N) is 3. The molecule has 5 heteroatoms. The number of para-hydroxylation sites is 2. The van der Waals surface area contributed by atoms with Crippen LogP contribution in [0.25, 0.3) is 104 Å². The van der Waals surface area contributed by atoms with Gasteiger partial charge in [-0.25, -0.2) is 9.97 Å². The number of fused-ring (bicyclic) bond motifs is 9. The van der Waals surface area contributed by atoms with Crippen molar-refractivity contribution in [2.75, 3.05) is 0 Å². The molecule has 0 unspecified atom stereocenters. The molecule has 4 aromatic heterocycles. The molecule has 51 heavy (non-hydrogen) atoms. The molecule has 0 spiro atoms. The molecule has 4 heterocycles. The van der Waals surface area contributed by atoms with E-state index in [0.29, 0.717) is 11.4 Å². The van der Waals surface area contributed by atoms with Gasteiger partial charge in [0, 0.05) is 53.1 Å². The van der Waals surface area contributed by atoms with E-state index in [2.05, 4.69) is 150 Å². The fourth-order valence-electron chi connectivity index (χ4n) is 7.62. The number of hydrogen-bond acceptors (Lipinski definition) is 4. The minimum atomic E-state index is 0.677. The highest BCUT2D eigenvalue weighted by Crippen LogP contribution is 2.41. The molecular weight excluding hydrogens is 643 g/mol. The van der Waals surface area contributed by atoms with Crippen LogP contribution >= 0.6 is 11.3 Å². The Hall–Kier alpha value is -6.56. The maximum absolute atomic E-state index is 6.66. The van der Waals surface area contributed by atoms with Crippen LogP contribution < -0.4 is 0 Å². The number of furan rings is 1. The topological polar surface area (TPSA) is 43.9 Å². The summed E-state index contributed by atoms with van der Waals surface area (Å²) in [5.41, 5.74) is 10.8. The van der Waals surface area contributed by atoms with E-state index in [1.54, 1.807) is 0 Å². The van der Waals surface area contributed by atoms with E-state index >= 15 is 0 Å². The van der Waals surface area contributed by atoms with Crippen LogP contribution in [-0.4, -0.2) is 14.5 Å². The Bertz CT molecular complexity index is 3140. The highest BCUT2D eigenvalue weighted by atomic mass is 32.1. The van der Waals surface area contributed by atoms with Crippen LogP contribution in [0.5, 0.6) is 0 Å². The summed E-state index contributed by atoms with van der Waals surface area (Å²) < 4.78 is 11.5. The molecule has 0 aliphatic carbocycles. The number of thiophene rings is 1. The van der Waals surface area contributed by atoms with Crippen molar-refractivity contribution in [2.45, 2.75) is 0 Å². The van der Waals surface area contributed by atoms with Gasteiger partial charge in [-0.1, -0.05) is 103 Å². The van der Waals surface area contributed by atoms with E-state index in [-0.39, 0.29) is 0 Å². The first-order valence-corrected chi connectivity index (χ1v) is 17.9. The third-order valence-electron chi connectivity index (χ3n) is 10.0. The van der Waals surface area contributed by atoms with Crippen LogP contribution in [0.4, 0.5) is 0 Å². The molecule has 0 aliphatic heterocycles. The van der Waals surface area contributed by atoms with E-state index in [0.717, 1.165) is 50.1 Å². The summed E-state index contributed by atoms with van der Waals surface area (Å²) in [5, 5.41) is 5.90. The van der Waals surface area contributed by atoms with Crippen LogP contribution in [0, 0.1) is 0 Å². The standard InChI is InChI=1S/C46H27N3OS/c1-3-11-28(12-4-1)46-47-43(31-21-24-42-36(27-31)34-16-8-10-18-41(34)51-42)45-44(48-46)37-26-30(20-23-40(37)50-45)29-19-22-39-35(25-29)33-15-7-9-17-38(33)49(39)32-13-5-2-6-14-32/h1-27H. The predicted octanol–water partition coefficient (Wildman–Crippen LogP) is 12.8. The fraction of sp³-hybridized carbons (Fsp3) is 0. The lowest BCUT2D eigenvalue weighted by molar-refractivity contribution is 0.667. The SMILES string of the molecule is c1ccc(-c2nc(-c3ccc4sc5ccccc5c4c3)c3oc4ccc(-c5ccc6c(c5)c5ccccc5n6-c5ccccc5)cc4c3n2)cc1. The van der Waals surface area contributed by atoms with Gasteiger partial charge in [0.2, 0.25) is 0 Å². The lowest BCUT2D eigenvalue weighted by Crippen LogP contribution is -1.93. The highest BCUT2D eigenvalue weighted by Gasteiger charge is 2.20. The van der Waals surface area contributed by atoms with Crippen molar-refractivity contribution in [3.8, 4) is 39.5 Å². The summed E-state index contributed by atoms with van der Waals surface area (Å²) in [6, 6.07) is 57.9. The second kappa shape index (κ2) is 11.0. The lowest BCUT2D eigenvalue weighted by Gasteiger charge is -2.08. The minimum absolute atomic E-state index is 0.677. The number of rotatable bonds is 4. The van der Waals surface area contributed by atoms with E-state index in [4.69, 9.17) is 14.4 Å². The number of benzene rings is 7. The molecule has 7 aromatic carbocycles. The van der Waals surface area contributed by atoms with E-state index in [1.807, 2.05) is 29.5 Å². The van der Waals surface area contributed by atoms with Gasteiger partial charge >= 0.3 is 0 Å². The molecule has 0 bridgehead atoms. The molecular formula is C46H27N3OS. The molecule has 0 N–H and O–H groups in total. The summed E-state index contributed by atoms with van der Waals surface area (Å²) in [7, 11) is 0. The number of hydrogen-bond donors (Lipinski definition) is 0. The molecule has 0 radical (unpaired) electrons. The summed E-state index contributed by atoms with van der Waals surface area (Å²) >= 11 is 1.82. The van der Waals surface area contributed by atoms with E-state index in [9.17, 15) is 0 Å². The molecule has 11 aromatic rings. The maximum atomic E-state index is 6.66. The van der Waals surface area contributed by atoms with Gasteiger partial charge in [0.25, 0.3) is 0 Å². The van der Waals surface area contributed by atoms with Crippen molar-refractivity contribution in [3.63, 3.8) is 0 Å². The van der Waals surface area contributed by atoms with Crippen molar-refractivity contribution in [1.82, 2.24) is 14.5 Å². The molecule has 238 valence electrons. The first-order valence-electron chi connectivity index (χ1n) is 17.1. The quantitative estimate of drug-likeness (QED) is 0.187. The molecule has 0 atom stereocenters. The van der Waals surface area contributed by atoms with Crippen molar-refractivity contribution in [1.29, 1.82) is 0 Å². The molecule has 0 amide bonds. The van der Waals surface area contributed by atoms with Crippen LogP contribution in [0.15, 0.2) is 168 Å². The normalized spacial score (nSPS) is 11.9. The monoisotopic (exact) mass is 669 g/mol. The van der Waals surface area contributed by atoms with Gasteiger partial charge in [0.1, 0.15) is 16.8 Å². The summed E-state index contributed by atoms with van der Waals surface area (Å²) in [6.07, 6.45) is 0. The summed E-state index contributed by atoms with van der Waals surface area (Å²) in [4.78, 5) is 10.4. The van der Waals surface area contributed by atoms with Gasteiger partial charge in [-0.15, -0.1) is 11.3 Å². The van der Waals surface area contributed by atoms with Crippen molar-refractivity contribution >= 4 is 75.4 Å². The fourth-order valence-corrected chi connectivity index (χ4v) is 8.70. The Kier molecular flexibility index (Phi) is 6.09. The minimum Gasteiger partial charge on any atom is -0.452 e. The smallest absolute Gasteiger partial charge is 0.180 e. The molecule has 0 saturated carbocycles. The number of aromatic nitrogens is 3. The molecule has 0 saturated heterocycles. The average Bonchev–Trinajstić information content (AvgIpc) is 3.87. The summed E-state index contributed by atoms with van der Waals surface area (Å²) in [6.45, 7) is 0. The van der Waals surface area contributed by atoms with E-state index in [1.165, 1.54) is 42.0 Å². The second-order valence-corrected chi connectivity index (χ2v) is 14.1. The zero-order valence-electron chi connectivity index (χ0n) is 27.2. The summed E-state index contributed by atoms with van der Waals surface area (Å²) in [5.74, 6) is 0.677. The largest absolute Gasteiger partial charge is 0.452 e. The van der Waals surface area contributed by atoms with Gasteiger partial charge in [0.05, 0.1) is 11.0 Å². The van der Waals surface area contributed by atoms with Gasteiger partial charge in [-0.3, -0.25) is 0 Å². The average molecular weight is 670 g/mol. The van der Waals surface area contributed by atoms with Crippen molar-refractivity contribution < 1.29 is 4.42 Å². The molecule has 0 fully saturated rings. The van der Waals surface area contributed by atoms with Crippen LogP contribution in [0.1, 0.15) is 0 Å². The first kappa shape index (κ1) is 28.3. The Labute approximate surface area is 296 Å². The predicted molar refractivity (Wildman–Crippen MR) is 213 cm³/mol. The van der Waals surface area contributed by atoms with Crippen LogP contribution in [-0.2, 0) is 0 Å². The Morgan fingerprint density at radius 2 is 1.10 bits per heavy atom. The molecule has 4 nitrogen and oxygen atoms in total. The molecule has 0 aliphatic rings. The zero-order valence-corrected chi connectivity index (χ0v) is 28.1. The van der Waals surface area contributed by atoms with Crippen LogP contribution in [0.2, 0.25) is 0 Å². The maximum Gasteiger partial charge on any atom is 0.180 e. The van der Waals surface area contributed by atoms with Crippen molar-refractivity contribution in [3.05, 3.63) is 164 Å². The zero-order chi connectivity index (χ0) is 33.5. The Morgan fingerprint density at radius 1 is 0.451 bits per heavy atom. The van der Waals surface area contributed by atoms with Gasteiger partial charge in [-0.05, 0) is 71.8 Å². The Balaban J connectivity index is 1.12. The first-order chi connectivity index (χ1) is 25.3. The van der Waals surface area contributed by atoms with Crippen molar-refractivity contribution in [2.24, 2.45) is 0 Å². The van der Waals surface area contributed by atoms with Crippen LogP contribution in [0.3, 0.4) is 0 Å². The lowest BCUT2D eigenvalue weighted by atomic mass is 10.0. The second-order valence-electron chi connectivity index (χ2n) is 13.0. The highest BCUT2D eigenvalue weighted by molar-refractivity contribution is 7.25. The Morgan fingerprint density at radius 3 is 1.96 bits per heavy atom. The van der Waals surface area contributed by atoms with Gasteiger partial charge in [-0.2, -0.15) is 0 Å². The van der Waals surface area contributed by atoms with E-state index < -0.39 is 0 Å². The van der Waals surface area contributed by atoms with Gasteiger partial charge in [0.15, 0.2) is 11.4 Å². The molecule has 11 rings (SSSR count). The third kappa shape index (κ3) is 4.38. The third-order valence-corrected chi connectivity index (χ3v) is 11.2. The van der Waals surface area contributed by atoms with Gasteiger partial charge < -0.3 is 8.98 Å².